The van der Waals surface area contributed by atoms with Crippen molar-refractivity contribution in [2.75, 3.05) is 13.1 Å². The first-order chi connectivity index (χ1) is 6.09. The molecule has 74 valence electrons. The lowest BCUT2D eigenvalue weighted by Gasteiger charge is -2.28. The Bertz CT molecular complexity index is 217. The van der Waals surface area contributed by atoms with Crippen molar-refractivity contribution in [1.29, 1.82) is 0 Å². The fourth-order valence-electron chi connectivity index (χ4n) is 2.52. The van der Waals surface area contributed by atoms with E-state index in [4.69, 9.17) is 5.11 Å². The van der Waals surface area contributed by atoms with Gasteiger partial charge in [-0.15, -0.1) is 0 Å². The van der Waals surface area contributed by atoms with Crippen LogP contribution in [0, 0.1) is 17.8 Å². The number of carbonyl (C=O) groups is 1. The molecule has 0 amide bonds. The number of hydrogen-bond acceptors (Lipinski definition) is 2. The van der Waals surface area contributed by atoms with E-state index >= 15 is 0 Å². The second kappa shape index (κ2) is 2.98. The molecule has 2 fully saturated rings. The molecule has 2 rings (SSSR count). The van der Waals surface area contributed by atoms with E-state index in [0.717, 1.165) is 24.9 Å². The summed E-state index contributed by atoms with van der Waals surface area (Å²) in [5.74, 6) is 1.20. The first-order valence-electron chi connectivity index (χ1n) is 5.06. The Balaban J connectivity index is 1.99. The van der Waals surface area contributed by atoms with E-state index in [1.165, 1.54) is 6.42 Å². The summed E-state index contributed by atoms with van der Waals surface area (Å²) >= 11 is 0. The molecule has 0 bridgehead atoms. The van der Waals surface area contributed by atoms with Crippen molar-refractivity contribution < 1.29 is 9.90 Å². The molecule has 3 nitrogen and oxygen atoms in total. The maximum absolute atomic E-state index is 11.0. The molecule has 3 unspecified atom stereocenters. The number of aliphatic carboxylic acids is 1. The average Bonchev–Trinajstić information content (AvgIpc) is 2.57. The lowest BCUT2D eigenvalue weighted by atomic mass is 10.0. The Kier molecular flexibility index (Phi) is 2.06. The Hall–Kier alpha value is -0.570. The van der Waals surface area contributed by atoms with E-state index in [1.807, 2.05) is 13.8 Å². The number of likely N-dealkylation sites (tertiary alicyclic amines) is 1. The summed E-state index contributed by atoms with van der Waals surface area (Å²) in [6, 6.07) is -0.257. The highest BCUT2D eigenvalue weighted by atomic mass is 16.4. The van der Waals surface area contributed by atoms with Gasteiger partial charge < -0.3 is 5.11 Å². The Morgan fingerprint density at radius 2 is 1.92 bits per heavy atom. The van der Waals surface area contributed by atoms with Gasteiger partial charge in [-0.2, -0.15) is 0 Å². The molecule has 1 N–H and O–H groups in total. The fraction of sp³-hybridized carbons (Fsp3) is 0.900. The van der Waals surface area contributed by atoms with Crippen LogP contribution in [0.1, 0.15) is 20.3 Å². The molecule has 1 saturated carbocycles. The van der Waals surface area contributed by atoms with Gasteiger partial charge in [0.05, 0.1) is 0 Å². The van der Waals surface area contributed by atoms with Crippen molar-refractivity contribution in [3.8, 4) is 0 Å². The maximum atomic E-state index is 11.0. The average molecular weight is 183 g/mol. The highest BCUT2D eigenvalue weighted by molar-refractivity contribution is 5.73. The molecule has 0 aromatic rings. The molecule has 1 aliphatic heterocycles. The van der Waals surface area contributed by atoms with Crippen molar-refractivity contribution in [3.63, 3.8) is 0 Å². The second-order valence-electron chi connectivity index (χ2n) is 4.74. The molecule has 1 heterocycles. The minimum Gasteiger partial charge on any atom is -0.480 e. The van der Waals surface area contributed by atoms with Gasteiger partial charge in [-0.05, 0) is 24.2 Å². The van der Waals surface area contributed by atoms with Crippen LogP contribution in [-0.4, -0.2) is 35.1 Å². The first kappa shape index (κ1) is 9.00. The predicted molar refractivity (Wildman–Crippen MR) is 49.4 cm³/mol. The zero-order valence-electron chi connectivity index (χ0n) is 8.23. The second-order valence-corrected chi connectivity index (χ2v) is 4.74. The summed E-state index contributed by atoms with van der Waals surface area (Å²) in [6.45, 7) is 6.01. The number of piperidine rings is 1. The van der Waals surface area contributed by atoms with Crippen LogP contribution in [0.4, 0.5) is 0 Å². The van der Waals surface area contributed by atoms with Crippen molar-refractivity contribution in [2.24, 2.45) is 17.8 Å². The third kappa shape index (κ3) is 1.57. The predicted octanol–water partition coefficient (Wildman–Crippen LogP) is 1.05. The van der Waals surface area contributed by atoms with Crippen molar-refractivity contribution >= 4 is 5.97 Å². The third-order valence-electron chi connectivity index (χ3n) is 3.28. The van der Waals surface area contributed by atoms with E-state index in [1.54, 1.807) is 0 Å². The maximum Gasteiger partial charge on any atom is 0.321 e. The van der Waals surface area contributed by atoms with Crippen LogP contribution >= 0.6 is 0 Å². The van der Waals surface area contributed by atoms with Crippen molar-refractivity contribution in [2.45, 2.75) is 26.3 Å². The standard InChI is InChI=1S/C10H17NO2/c1-6(2)9(10(12)13)11-4-7-3-8(7)5-11/h6-9H,3-5H2,1-2H3,(H,12,13). The SMILES string of the molecule is CC(C)C(C(=O)O)N1CC2CC2C1. The number of carboxylic acids is 1. The zero-order valence-corrected chi connectivity index (χ0v) is 8.23. The molecule has 1 saturated heterocycles. The van der Waals surface area contributed by atoms with Crippen molar-refractivity contribution in [1.82, 2.24) is 4.90 Å². The Labute approximate surface area is 78.7 Å². The lowest BCUT2D eigenvalue weighted by Crippen LogP contribution is -2.44. The van der Waals surface area contributed by atoms with E-state index < -0.39 is 5.97 Å². The quantitative estimate of drug-likeness (QED) is 0.711. The van der Waals surface area contributed by atoms with Crippen LogP contribution < -0.4 is 0 Å². The first-order valence-corrected chi connectivity index (χ1v) is 5.06. The highest BCUT2D eigenvalue weighted by Gasteiger charge is 2.48. The van der Waals surface area contributed by atoms with Gasteiger partial charge in [-0.25, -0.2) is 0 Å². The van der Waals surface area contributed by atoms with Crippen molar-refractivity contribution in [3.05, 3.63) is 0 Å². The van der Waals surface area contributed by atoms with E-state index in [9.17, 15) is 4.79 Å². The van der Waals surface area contributed by atoms with Gasteiger partial charge in [0.2, 0.25) is 0 Å². The van der Waals surface area contributed by atoms with Crippen LogP contribution in [0.5, 0.6) is 0 Å². The van der Waals surface area contributed by atoms with Gasteiger partial charge in [-0.3, -0.25) is 9.69 Å². The molecular weight excluding hydrogens is 166 g/mol. The molecule has 0 aromatic carbocycles. The largest absolute Gasteiger partial charge is 0.480 e. The summed E-state index contributed by atoms with van der Waals surface area (Å²) in [5.41, 5.74) is 0. The summed E-state index contributed by atoms with van der Waals surface area (Å²) in [6.07, 6.45) is 1.33. The molecular formula is C10H17NO2. The molecule has 0 spiro atoms. The number of carboxylic acid groups (broad SMARTS) is 1. The lowest BCUT2D eigenvalue weighted by molar-refractivity contribution is -0.144. The topological polar surface area (TPSA) is 40.5 Å². The van der Waals surface area contributed by atoms with Crippen LogP contribution in [0.15, 0.2) is 0 Å². The smallest absolute Gasteiger partial charge is 0.321 e. The molecule has 3 heteroatoms. The fourth-order valence-corrected chi connectivity index (χ4v) is 2.52. The van der Waals surface area contributed by atoms with Gasteiger partial charge in [0, 0.05) is 13.1 Å². The van der Waals surface area contributed by atoms with Gasteiger partial charge in [0.25, 0.3) is 0 Å². The number of rotatable bonds is 3. The zero-order chi connectivity index (χ0) is 9.59. The summed E-state index contributed by atoms with van der Waals surface area (Å²) in [5, 5.41) is 9.06. The van der Waals surface area contributed by atoms with E-state index in [2.05, 4.69) is 4.90 Å². The molecule has 3 atom stereocenters. The highest BCUT2D eigenvalue weighted by Crippen LogP contribution is 2.45. The molecule has 1 aliphatic carbocycles. The molecule has 0 aromatic heterocycles. The van der Waals surface area contributed by atoms with Crippen LogP contribution in [0.2, 0.25) is 0 Å². The molecule has 0 radical (unpaired) electrons. The summed E-state index contributed by atoms with van der Waals surface area (Å²) in [4.78, 5) is 13.2. The van der Waals surface area contributed by atoms with Crippen LogP contribution in [0.3, 0.4) is 0 Å². The normalized spacial score (nSPS) is 34.7. The number of fused-ring (bicyclic) bond motifs is 1. The van der Waals surface area contributed by atoms with Gasteiger partial charge in [-0.1, -0.05) is 13.8 Å². The monoisotopic (exact) mass is 183 g/mol. The number of nitrogens with zero attached hydrogens (tertiary/aromatic N) is 1. The van der Waals surface area contributed by atoms with Crippen LogP contribution in [0.25, 0.3) is 0 Å². The molecule has 13 heavy (non-hydrogen) atoms. The Morgan fingerprint density at radius 3 is 2.31 bits per heavy atom. The third-order valence-corrected chi connectivity index (χ3v) is 3.28. The van der Waals surface area contributed by atoms with E-state index in [0.29, 0.717) is 0 Å². The Morgan fingerprint density at radius 1 is 1.38 bits per heavy atom. The van der Waals surface area contributed by atoms with Gasteiger partial charge in [0.15, 0.2) is 0 Å². The summed E-state index contributed by atoms with van der Waals surface area (Å²) < 4.78 is 0. The van der Waals surface area contributed by atoms with Gasteiger partial charge in [0.1, 0.15) is 6.04 Å². The minimum atomic E-state index is -0.656. The number of hydrogen-bond donors (Lipinski definition) is 1. The van der Waals surface area contributed by atoms with Crippen LogP contribution in [-0.2, 0) is 4.79 Å². The minimum absolute atomic E-state index is 0.218. The summed E-state index contributed by atoms with van der Waals surface area (Å²) in [7, 11) is 0. The van der Waals surface area contributed by atoms with Gasteiger partial charge >= 0.3 is 5.97 Å². The van der Waals surface area contributed by atoms with E-state index in [-0.39, 0.29) is 12.0 Å². The molecule has 2 aliphatic rings.